The molecule has 0 spiro atoms. The van der Waals surface area contributed by atoms with Gasteiger partial charge in [-0.25, -0.2) is 0 Å². The molecule has 0 fully saturated rings. The minimum absolute atomic E-state index is 1.13. The minimum Gasteiger partial charge on any atom is -0.310 e. The van der Waals surface area contributed by atoms with Crippen LogP contribution >= 0.6 is 11.3 Å². The molecule has 0 aliphatic rings. The molecule has 10 aromatic rings. The molecule has 10 rings (SSSR count). The molecule has 0 radical (unpaired) electrons. The first-order valence-electron chi connectivity index (χ1n) is 16.4. The summed E-state index contributed by atoms with van der Waals surface area (Å²) in [5.74, 6) is 0. The SMILES string of the molecule is c1ccc2c(-c3ccc(N(c4ccc5sc6ccccc6c5c4)c4ccc5ccc6ccc7ccccc7c6c5c4)cc3)cccc2c1. The summed E-state index contributed by atoms with van der Waals surface area (Å²) in [6, 6.07) is 64.6. The Kier molecular flexibility index (Phi) is 6.12. The molecule has 1 nitrogen and oxygen atoms in total. The second-order valence-electron chi connectivity index (χ2n) is 12.5. The van der Waals surface area contributed by atoms with Crippen LogP contribution in [0.2, 0.25) is 0 Å². The number of anilines is 3. The summed E-state index contributed by atoms with van der Waals surface area (Å²) in [7, 11) is 0. The standard InChI is InChI=1S/C46H29NS/c1-3-11-38-30(8-1)10-7-14-39(38)32-20-23-35(24-21-32)47(37-26-27-45-43(29-37)41-13-5-6-15-44(41)48-45)36-25-22-33-17-19-34-18-16-31-9-2-4-12-40(31)46(34)42(33)28-36/h1-29H. The molecule has 48 heavy (non-hydrogen) atoms. The van der Waals surface area contributed by atoms with Crippen LogP contribution in [0.5, 0.6) is 0 Å². The molecule has 0 aliphatic carbocycles. The van der Waals surface area contributed by atoms with E-state index in [0.717, 1.165) is 17.1 Å². The third kappa shape index (κ3) is 4.31. The third-order valence-electron chi connectivity index (χ3n) is 9.81. The summed E-state index contributed by atoms with van der Waals surface area (Å²) < 4.78 is 2.63. The summed E-state index contributed by atoms with van der Waals surface area (Å²) in [5.41, 5.74) is 5.88. The van der Waals surface area contributed by atoms with Crippen LogP contribution in [0.15, 0.2) is 176 Å². The predicted molar refractivity (Wildman–Crippen MR) is 209 cm³/mol. The molecule has 0 N–H and O–H groups in total. The van der Waals surface area contributed by atoms with Crippen molar-refractivity contribution in [2.45, 2.75) is 0 Å². The van der Waals surface area contributed by atoms with Gasteiger partial charge in [-0.2, -0.15) is 0 Å². The van der Waals surface area contributed by atoms with Gasteiger partial charge in [0.25, 0.3) is 0 Å². The number of hydrogen-bond acceptors (Lipinski definition) is 2. The first kappa shape index (κ1) is 27.2. The van der Waals surface area contributed by atoms with Gasteiger partial charge >= 0.3 is 0 Å². The zero-order chi connectivity index (χ0) is 31.6. The zero-order valence-corrected chi connectivity index (χ0v) is 26.9. The second kappa shape index (κ2) is 10.8. The quantitative estimate of drug-likeness (QED) is 0.176. The van der Waals surface area contributed by atoms with Gasteiger partial charge in [-0.3, -0.25) is 0 Å². The number of fused-ring (bicyclic) bond motifs is 9. The van der Waals surface area contributed by atoms with Crippen molar-refractivity contribution in [3.8, 4) is 11.1 Å². The van der Waals surface area contributed by atoms with Crippen LogP contribution in [0.4, 0.5) is 17.1 Å². The molecule has 0 amide bonds. The Morgan fingerprint density at radius 2 is 0.875 bits per heavy atom. The van der Waals surface area contributed by atoms with Gasteiger partial charge in [-0.1, -0.05) is 127 Å². The molecule has 0 atom stereocenters. The molecule has 0 bridgehead atoms. The molecule has 0 unspecified atom stereocenters. The van der Waals surface area contributed by atoms with Crippen molar-refractivity contribution in [1.82, 2.24) is 0 Å². The fourth-order valence-electron chi connectivity index (χ4n) is 7.52. The fourth-order valence-corrected chi connectivity index (χ4v) is 8.61. The van der Waals surface area contributed by atoms with Crippen LogP contribution in [-0.2, 0) is 0 Å². The maximum atomic E-state index is 2.42. The Morgan fingerprint density at radius 3 is 1.69 bits per heavy atom. The van der Waals surface area contributed by atoms with E-state index in [1.807, 2.05) is 11.3 Å². The average Bonchev–Trinajstić information content (AvgIpc) is 3.53. The van der Waals surface area contributed by atoms with E-state index in [-0.39, 0.29) is 0 Å². The molecule has 0 aliphatic heterocycles. The van der Waals surface area contributed by atoms with E-state index in [0.29, 0.717) is 0 Å². The molecular weight excluding hydrogens is 599 g/mol. The summed E-state index contributed by atoms with van der Waals surface area (Å²) in [5, 5.41) is 12.8. The molecule has 1 aromatic heterocycles. The molecule has 1 heterocycles. The summed E-state index contributed by atoms with van der Waals surface area (Å²) in [4.78, 5) is 2.42. The fraction of sp³-hybridized carbons (Fsp3) is 0. The van der Waals surface area contributed by atoms with Crippen LogP contribution in [0, 0.1) is 0 Å². The number of thiophene rings is 1. The van der Waals surface area contributed by atoms with Crippen LogP contribution in [0.25, 0.3) is 74.4 Å². The van der Waals surface area contributed by atoms with Crippen LogP contribution in [0.3, 0.4) is 0 Å². The van der Waals surface area contributed by atoms with Crippen molar-refractivity contribution in [3.05, 3.63) is 176 Å². The Hall–Kier alpha value is -5.96. The summed E-state index contributed by atoms with van der Waals surface area (Å²) >= 11 is 1.86. The maximum Gasteiger partial charge on any atom is 0.0468 e. The first-order valence-corrected chi connectivity index (χ1v) is 17.2. The average molecular weight is 628 g/mol. The smallest absolute Gasteiger partial charge is 0.0468 e. The van der Waals surface area contributed by atoms with Gasteiger partial charge in [0, 0.05) is 37.2 Å². The first-order chi connectivity index (χ1) is 23.8. The largest absolute Gasteiger partial charge is 0.310 e. The van der Waals surface area contributed by atoms with Crippen molar-refractivity contribution in [2.24, 2.45) is 0 Å². The highest BCUT2D eigenvalue weighted by Crippen LogP contribution is 2.43. The molecular formula is C46H29NS. The molecule has 224 valence electrons. The normalized spacial score (nSPS) is 11.8. The highest BCUT2D eigenvalue weighted by Gasteiger charge is 2.17. The lowest BCUT2D eigenvalue weighted by molar-refractivity contribution is 1.30. The van der Waals surface area contributed by atoms with Crippen molar-refractivity contribution < 1.29 is 0 Å². The van der Waals surface area contributed by atoms with Gasteiger partial charge in [0.2, 0.25) is 0 Å². The van der Waals surface area contributed by atoms with E-state index in [9.17, 15) is 0 Å². The Labute approximate surface area is 282 Å². The third-order valence-corrected chi connectivity index (χ3v) is 11.0. The Morgan fingerprint density at radius 1 is 0.333 bits per heavy atom. The lowest BCUT2D eigenvalue weighted by Gasteiger charge is -2.26. The van der Waals surface area contributed by atoms with Crippen LogP contribution in [-0.4, -0.2) is 0 Å². The molecule has 0 saturated heterocycles. The lowest BCUT2D eigenvalue weighted by atomic mass is 9.96. The van der Waals surface area contributed by atoms with E-state index in [1.165, 1.54) is 74.4 Å². The van der Waals surface area contributed by atoms with E-state index < -0.39 is 0 Å². The summed E-state index contributed by atoms with van der Waals surface area (Å²) in [6.45, 7) is 0. The van der Waals surface area contributed by atoms with Gasteiger partial charge in [-0.15, -0.1) is 11.3 Å². The number of rotatable bonds is 4. The topological polar surface area (TPSA) is 3.24 Å². The van der Waals surface area contributed by atoms with Gasteiger partial charge in [0.05, 0.1) is 0 Å². The number of benzene rings is 9. The van der Waals surface area contributed by atoms with E-state index in [1.54, 1.807) is 0 Å². The zero-order valence-electron chi connectivity index (χ0n) is 26.1. The van der Waals surface area contributed by atoms with E-state index in [4.69, 9.17) is 0 Å². The van der Waals surface area contributed by atoms with Crippen molar-refractivity contribution >= 4 is 91.7 Å². The van der Waals surface area contributed by atoms with Gasteiger partial charge < -0.3 is 4.90 Å². The number of nitrogens with zero attached hydrogens (tertiary/aromatic N) is 1. The predicted octanol–water partition coefficient (Wildman–Crippen LogP) is 13.8. The van der Waals surface area contributed by atoms with Crippen molar-refractivity contribution in [3.63, 3.8) is 0 Å². The molecule has 9 aromatic carbocycles. The maximum absolute atomic E-state index is 2.42. The Balaban J connectivity index is 1.20. The molecule has 0 saturated carbocycles. The highest BCUT2D eigenvalue weighted by molar-refractivity contribution is 7.25. The molecule has 2 heteroatoms. The van der Waals surface area contributed by atoms with Gasteiger partial charge in [0.1, 0.15) is 0 Å². The van der Waals surface area contributed by atoms with Gasteiger partial charge in [-0.05, 0) is 103 Å². The highest BCUT2D eigenvalue weighted by atomic mass is 32.1. The monoisotopic (exact) mass is 627 g/mol. The van der Waals surface area contributed by atoms with E-state index in [2.05, 4.69) is 181 Å². The van der Waals surface area contributed by atoms with Crippen LogP contribution in [0.1, 0.15) is 0 Å². The minimum atomic E-state index is 1.13. The van der Waals surface area contributed by atoms with Crippen molar-refractivity contribution in [2.75, 3.05) is 4.90 Å². The Bertz CT molecular complexity index is 2830. The summed E-state index contributed by atoms with van der Waals surface area (Å²) in [6.07, 6.45) is 0. The van der Waals surface area contributed by atoms with Crippen LogP contribution < -0.4 is 4.90 Å². The number of hydrogen-bond donors (Lipinski definition) is 0. The van der Waals surface area contributed by atoms with E-state index >= 15 is 0 Å². The van der Waals surface area contributed by atoms with Gasteiger partial charge in [0.15, 0.2) is 0 Å². The lowest BCUT2D eigenvalue weighted by Crippen LogP contribution is -2.09. The second-order valence-corrected chi connectivity index (χ2v) is 13.6. The van der Waals surface area contributed by atoms with Crippen molar-refractivity contribution in [1.29, 1.82) is 0 Å².